The molecule has 0 radical (unpaired) electrons. The van der Waals surface area contributed by atoms with Crippen molar-refractivity contribution < 1.29 is 4.74 Å². The molecule has 1 aromatic carbocycles. The van der Waals surface area contributed by atoms with E-state index in [4.69, 9.17) is 16.3 Å². The lowest BCUT2D eigenvalue weighted by Crippen LogP contribution is -1.89. The van der Waals surface area contributed by atoms with E-state index in [9.17, 15) is 0 Å². The predicted molar refractivity (Wildman–Crippen MR) is 65.7 cm³/mol. The first-order valence-electron chi connectivity index (χ1n) is 4.43. The fraction of sp³-hybridized carbons (Fsp3) is 0.182. The van der Waals surface area contributed by atoms with Gasteiger partial charge in [0.15, 0.2) is 0 Å². The molecule has 0 spiro atoms. The van der Waals surface area contributed by atoms with Crippen LogP contribution >= 0.6 is 27.5 Å². The van der Waals surface area contributed by atoms with Crippen LogP contribution < -0.4 is 4.74 Å². The number of pyridine rings is 1. The topological polar surface area (TPSA) is 22.1 Å². The van der Waals surface area contributed by atoms with Gasteiger partial charge in [0.05, 0.1) is 17.1 Å². The van der Waals surface area contributed by atoms with E-state index in [0.29, 0.717) is 5.15 Å². The Bertz CT molecular complexity index is 527. The Morgan fingerprint density at radius 3 is 2.80 bits per heavy atom. The fourth-order valence-electron chi connectivity index (χ4n) is 1.57. The number of ether oxygens (including phenoxy) is 1. The molecule has 0 unspecified atom stereocenters. The van der Waals surface area contributed by atoms with Crippen LogP contribution in [0.5, 0.6) is 5.75 Å². The summed E-state index contributed by atoms with van der Waals surface area (Å²) in [4.78, 5) is 4.25. The average Bonchev–Trinajstić information content (AvgIpc) is 2.17. The normalized spacial score (nSPS) is 10.7. The summed E-state index contributed by atoms with van der Waals surface area (Å²) in [5.41, 5.74) is 1.95. The second-order valence-corrected chi connectivity index (χ2v) is 4.42. The number of methoxy groups -OCH3 is 1. The molecule has 1 heterocycles. The third-order valence-corrected chi connectivity index (χ3v) is 3.24. The van der Waals surface area contributed by atoms with Crippen molar-refractivity contribution in [2.45, 2.75) is 6.92 Å². The Morgan fingerprint density at radius 1 is 1.40 bits per heavy atom. The molecule has 15 heavy (non-hydrogen) atoms. The Hall–Kier alpha value is -0.800. The van der Waals surface area contributed by atoms with Gasteiger partial charge >= 0.3 is 0 Å². The van der Waals surface area contributed by atoms with E-state index in [-0.39, 0.29) is 0 Å². The zero-order valence-electron chi connectivity index (χ0n) is 8.34. The minimum Gasteiger partial charge on any atom is -0.496 e. The maximum Gasteiger partial charge on any atom is 0.133 e. The summed E-state index contributed by atoms with van der Waals surface area (Å²) in [6.07, 6.45) is 0. The van der Waals surface area contributed by atoms with Crippen molar-refractivity contribution in [1.29, 1.82) is 0 Å². The number of aromatic nitrogens is 1. The van der Waals surface area contributed by atoms with Crippen molar-refractivity contribution in [3.05, 3.63) is 33.4 Å². The minimum absolute atomic E-state index is 0.511. The Kier molecular flexibility index (Phi) is 2.85. The lowest BCUT2D eigenvalue weighted by Gasteiger charge is -2.08. The third kappa shape index (κ3) is 1.82. The molecule has 0 aliphatic rings. The minimum atomic E-state index is 0.511. The molecule has 0 bridgehead atoms. The monoisotopic (exact) mass is 285 g/mol. The van der Waals surface area contributed by atoms with Crippen LogP contribution in [0.3, 0.4) is 0 Å². The van der Waals surface area contributed by atoms with Crippen molar-refractivity contribution in [3.63, 3.8) is 0 Å². The van der Waals surface area contributed by atoms with E-state index in [1.165, 1.54) is 0 Å². The molecule has 0 amide bonds. The third-order valence-electron chi connectivity index (χ3n) is 2.26. The van der Waals surface area contributed by atoms with Crippen molar-refractivity contribution >= 4 is 38.4 Å². The highest BCUT2D eigenvalue weighted by molar-refractivity contribution is 9.10. The van der Waals surface area contributed by atoms with E-state index in [0.717, 1.165) is 26.7 Å². The summed E-state index contributed by atoms with van der Waals surface area (Å²) in [5.74, 6) is 0.801. The highest BCUT2D eigenvalue weighted by atomic mass is 79.9. The second-order valence-electron chi connectivity index (χ2n) is 3.24. The molecule has 2 aromatic rings. The standard InChI is InChI=1S/C11H9BrClNO/c1-6-5-9(13)14-7-3-4-8(15-2)11(12)10(6)7/h3-5H,1-2H3. The Balaban J connectivity index is 2.87. The van der Waals surface area contributed by atoms with Crippen LogP contribution in [0.1, 0.15) is 5.56 Å². The van der Waals surface area contributed by atoms with E-state index < -0.39 is 0 Å². The first-order chi connectivity index (χ1) is 7.13. The SMILES string of the molecule is COc1ccc2nc(Cl)cc(C)c2c1Br. The number of aryl methyl sites for hydroxylation is 1. The van der Waals surface area contributed by atoms with Crippen molar-refractivity contribution in [2.75, 3.05) is 7.11 Å². The Labute approximate surface area is 101 Å². The van der Waals surface area contributed by atoms with Gasteiger partial charge < -0.3 is 4.74 Å². The van der Waals surface area contributed by atoms with Crippen LogP contribution in [0, 0.1) is 6.92 Å². The molecule has 4 heteroatoms. The van der Waals surface area contributed by atoms with Gasteiger partial charge in [0.1, 0.15) is 10.9 Å². The van der Waals surface area contributed by atoms with Gasteiger partial charge in [0, 0.05) is 5.39 Å². The van der Waals surface area contributed by atoms with E-state index in [1.807, 2.05) is 25.1 Å². The van der Waals surface area contributed by atoms with Gasteiger partial charge in [-0.25, -0.2) is 4.98 Å². The number of halogens is 2. The van der Waals surface area contributed by atoms with Crippen molar-refractivity contribution in [2.24, 2.45) is 0 Å². The maximum absolute atomic E-state index is 5.89. The Morgan fingerprint density at radius 2 is 2.13 bits per heavy atom. The number of hydrogen-bond acceptors (Lipinski definition) is 2. The van der Waals surface area contributed by atoms with Crippen molar-refractivity contribution in [1.82, 2.24) is 4.98 Å². The highest BCUT2D eigenvalue weighted by Crippen LogP contribution is 2.34. The second kappa shape index (κ2) is 3.99. The molecule has 0 saturated carbocycles. The molecule has 78 valence electrons. The molecule has 0 N–H and O–H groups in total. The fourth-order valence-corrected chi connectivity index (χ4v) is 2.64. The van der Waals surface area contributed by atoms with Gasteiger partial charge in [-0.2, -0.15) is 0 Å². The predicted octanol–water partition coefficient (Wildman–Crippen LogP) is 3.97. The van der Waals surface area contributed by atoms with Gasteiger partial charge in [-0.3, -0.25) is 0 Å². The van der Waals surface area contributed by atoms with Crippen LogP contribution in [0.2, 0.25) is 5.15 Å². The van der Waals surface area contributed by atoms with Gasteiger partial charge in [0.2, 0.25) is 0 Å². The average molecular weight is 287 g/mol. The van der Waals surface area contributed by atoms with E-state index in [1.54, 1.807) is 7.11 Å². The first kappa shape index (κ1) is 10.7. The molecule has 0 aliphatic heterocycles. The number of benzene rings is 1. The molecule has 1 aromatic heterocycles. The molecule has 0 fully saturated rings. The molecular formula is C11H9BrClNO. The summed E-state index contributed by atoms with van der Waals surface area (Å²) < 4.78 is 6.15. The van der Waals surface area contributed by atoms with Crippen LogP contribution in [-0.4, -0.2) is 12.1 Å². The molecule has 0 atom stereocenters. The molecule has 2 nitrogen and oxygen atoms in total. The maximum atomic E-state index is 5.89. The molecular weight excluding hydrogens is 277 g/mol. The number of rotatable bonds is 1. The van der Waals surface area contributed by atoms with Gasteiger partial charge in [-0.05, 0) is 46.6 Å². The van der Waals surface area contributed by atoms with Crippen LogP contribution in [-0.2, 0) is 0 Å². The highest BCUT2D eigenvalue weighted by Gasteiger charge is 2.09. The largest absolute Gasteiger partial charge is 0.496 e. The molecule has 2 rings (SSSR count). The smallest absolute Gasteiger partial charge is 0.133 e. The van der Waals surface area contributed by atoms with Crippen LogP contribution in [0.4, 0.5) is 0 Å². The summed E-state index contributed by atoms with van der Waals surface area (Å²) in [6, 6.07) is 5.61. The first-order valence-corrected chi connectivity index (χ1v) is 5.60. The van der Waals surface area contributed by atoms with Crippen LogP contribution in [0.15, 0.2) is 22.7 Å². The van der Waals surface area contributed by atoms with Gasteiger partial charge in [-0.1, -0.05) is 11.6 Å². The molecule has 0 aliphatic carbocycles. The lowest BCUT2D eigenvalue weighted by atomic mass is 10.1. The number of nitrogens with zero attached hydrogens (tertiary/aromatic N) is 1. The van der Waals surface area contributed by atoms with E-state index in [2.05, 4.69) is 20.9 Å². The summed E-state index contributed by atoms with van der Waals surface area (Å²) in [7, 11) is 1.64. The lowest BCUT2D eigenvalue weighted by molar-refractivity contribution is 0.413. The quantitative estimate of drug-likeness (QED) is 0.740. The van der Waals surface area contributed by atoms with Gasteiger partial charge in [-0.15, -0.1) is 0 Å². The summed E-state index contributed by atoms with van der Waals surface area (Å²) in [5, 5.41) is 1.55. The molecule has 0 saturated heterocycles. The number of hydrogen-bond donors (Lipinski definition) is 0. The van der Waals surface area contributed by atoms with E-state index >= 15 is 0 Å². The zero-order chi connectivity index (χ0) is 11.0. The summed E-state index contributed by atoms with van der Waals surface area (Å²) >= 11 is 9.40. The van der Waals surface area contributed by atoms with Gasteiger partial charge in [0.25, 0.3) is 0 Å². The number of fused-ring (bicyclic) bond motifs is 1. The zero-order valence-corrected chi connectivity index (χ0v) is 10.7. The van der Waals surface area contributed by atoms with Crippen molar-refractivity contribution in [3.8, 4) is 5.75 Å². The summed E-state index contributed by atoms with van der Waals surface area (Å²) in [6.45, 7) is 2.00. The van der Waals surface area contributed by atoms with Crippen LogP contribution in [0.25, 0.3) is 10.9 Å².